The van der Waals surface area contributed by atoms with Crippen molar-refractivity contribution < 1.29 is 14.6 Å². The molecular weight excluding hydrogens is 342 g/mol. The molecule has 3 rings (SSSR count). The molecule has 27 heavy (non-hydrogen) atoms. The first-order valence-electron chi connectivity index (χ1n) is 9.13. The summed E-state index contributed by atoms with van der Waals surface area (Å²) in [5.41, 5.74) is 1.17. The van der Waals surface area contributed by atoms with Gasteiger partial charge in [0.2, 0.25) is 5.43 Å². The van der Waals surface area contributed by atoms with Crippen LogP contribution in [0.1, 0.15) is 31.0 Å². The Morgan fingerprint density at radius 2 is 1.89 bits per heavy atom. The Morgan fingerprint density at radius 3 is 2.67 bits per heavy atom. The number of aromatic hydroxyl groups is 1. The fraction of sp³-hybridized carbons (Fsp3) is 0.273. The molecular formula is C22H23NO4. The van der Waals surface area contributed by atoms with Crippen molar-refractivity contribution in [2.75, 3.05) is 6.61 Å². The van der Waals surface area contributed by atoms with Crippen LogP contribution in [-0.2, 0) is 22.5 Å². The molecule has 3 aromatic rings. The van der Waals surface area contributed by atoms with Crippen LogP contribution in [0.4, 0.5) is 0 Å². The van der Waals surface area contributed by atoms with Gasteiger partial charge in [0.05, 0.1) is 12.3 Å². The fourth-order valence-electron chi connectivity index (χ4n) is 3.17. The molecule has 1 aromatic heterocycles. The molecule has 1 heterocycles. The average molecular weight is 365 g/mol. The van der Waals surface area contributed by atoms with E-state index in [9.17, 15) is 14.7 Å². The Kier molecular flexibility index (Phi) is 5.91. The molecule has 0 aliphatic carbocycles. The summed E-state index contributed by atoms with van der Waals surface area (Å²) >= 11 is 0. The SMILES string of the molecule is CCOC(=O)CCCn1ccc(=O)c(O)c1Cc1ccc2ccccc2c1. The fourth-order valence-corrected chi connectivity index (χ4v) is 3.17. The maximum Gasteiger partial charge on any atom is 0.305 e. The minimum Gasteiger partial charge on any atom is -0.503 e. The van der Waals surface area contributed by atoms with Gasteiger partial charge in [-0.1, -0.05) is 42.5 Å². The lowest BCUT2D eigenvalue weighted by Gasteiger charge is -2.15. The van der Waals surface area contributed by atoms with Crippen molar-refractivity contribution in [2.45, 2.75) is 32.7 Å². The van der Waals surface area contributed by atoms with E-state index in [-0.39, 0.29) is 11.7 Å². The Morgan fingerprint density at radius 1 is 1.11 bits per heavy atom. The normalized spacial score (nSPS) is 10.9. The van der Waals surface area contributed by atoms with Crippen molar-refractivity contribution in [2.24, 2.45) is 0 Å². The Bertz CT molecular complexity index is 1010. The van der Waals surface area contributed by atoms with E-state index >= 15 is 0 Å². The molecule has 0 saturated carbocycles. The van der Waals surface area contributed by atoms with Crippen molar-refractivity contribution in [3.63, 3.8) is 0 Å². The monoisotopic (exact) mass is 365 g/mol. The van der Waals surface area contributed by atoms with Gasteiger partial charge in [-0.3, -0.25) is 9.59 Å². The molecule has 0 bridgehead atoms. The Labute approximate surface area is 157 Å². The number of aryl methyl sites for hydroxylation is 1. The van der Waals surface area contributed by atoms with E-state index in [1.807, 2.05) is 41.0 Å². The number of hydrogen-bond acceptors (Lipinski definition) is 4. The van der Waals surface area contributed by atoms with E-state index in [0.717, 1.165) is 16.3 Å². The predicted octanol–water partition coefficient (Wildman–Crippen LogP) is 3.64. The standard InChI is InChI=1S/C22H23NO4/c1-2-27-21(25)8-5-12-23-13-11-20(24)22(26)19(23)15-16-9-10-17-6-3-4-7-18(17)14-16/h3-4,6-7,9-11,13-14,26H,2,5,8,12,15H2,1H3. The van der Waals surface area contributed by atoms with Gasteiger partial charge in [0.15, 0.2) is 5.75 Å². The molecule has 0 unspecified atom stereocenters. The van der Waals surface area contributed by atoms with Gasteiger partial charge in [-0.15, -0.1) is 0 Å². The molecule has 0 fully saturated rings. The summed E-state index contributed by atoms with van der Waals surface area (Å²) in [7, 11) is 0. The lowest BCUT2D eigenvalue weighted by atomic mass is 10.0. The number of benzene rings is 2. The van der Waals surface area contributed by atoms with Crippen LogP contribution in [0.25, 0.3) is 10.8 Å². The number of fused-ring (bicyclic) bond motifs is 1. The molecule has 5 nitrogen and oxygen atoms in total. The van der Waals surface area contributed by atoms with Crippen LogP contribution in [0.3, 0.4) is 0 Å². The third-order valence-electron chi connectivity index (χ3n) is 4.53. The number of aromatic nitrogens is 1. The number of pyridine rings is 1. The molecule has 0 saturated heterocycles. The molecule has 0 spiro atoms. The van der Waals surface area contributed by atoms with Crippen LogP contribution in [0, 0.1) is 0 Å². The van der Waals surface area contributed by atoms with Crippen molar-refractivity contribution in [3.8, 4) is 5.75 Å². The second kappa shape index (κ2) is 8.54. The van der Waals surface area contributed by atoms with E-state index in [1.165, 1.54) is 6.07 Å². The van der Waals surface area contributed by atoms with E-state index in [4.69, 9.17) is 4.74 Å². The minimum absolute atomic E-state index is 0.234. The third kappa shape index (κ3) is 4.56. The first-order valence-corrected chi connectivity index (χ1v) is 9.13. The summed E-state index contributed by atoms with van der Waals surface area (Å²) in [4.78, 5) is 23.4. The van der Waals surface area contributed by atoms with Crippen molar-refractivity contribution in [3.05, 3.63) is 76.2 Å². The maximum absolute atomic E-state index is 11.9. The van der Waals surface area contributed by atoms with Gasteiger partial charge in [0.25, 0.3) is 0 Å². The zero-order valence-corrected chi connectivity index (χ0v) is 15.4. The first-order chi connectivity index (χ1) is 13.1. The van der Waals surface area contributed by atoms with Gasteiger partial charge in [0.1, 0.15) is 0 Å². The van der Waals surface area contributed by atoms with Crippen LogP contribution in [0.5, 0.6) is 5.75 Å². The topological polar surface area (TPSA) is 68.5 Å². The molecule has 0 amide bonds. The van der Waals surface area contributed by atoms with Crippen molar-refractivity contribution in [1.82, 2.24) is 4.57 Å². The van der Waals surface area contributed by atoms with Gasteiger partial charge in [-0.2, -0.15) is 0 Å². The largest absolute Gasteiger partial charge is 0.503 e. The minimum atomic E-state index is -0.396. The van der Waals surface area contributed by atoms with Crippen LogP contribution < -0.4 is 5.43 Å². The van der Waals surface area contributed by atoms with Gasteiger partial charge < -0.3 is 14.4 Å². The summed E-state index contributed by atoms with van der Waals surface area (Å²) in [6, 6.07) is 15.5. The van der Waals surface area contributed by atoms with Crippen molar-refractivity contribution >= 4 is 16.7 Å². The van der Waals surface area contributed by atoms with Crippen LogP contribution >= 0.6 is 0 Å². The van der Waals surface area contributed by atoms with E-state index < -0.39 is 5.43 Å². The third-order valence-corrected chi connectivity index (χ3v) is 4.53. The van der Waals surface area contributed by atoms with Crippen molar-refractivity contribution in [1.29, 1.82) is 0 Å². The highest BCUT2D eigenvalue weighted by molar-refractivity contribution is 5.83. The predicted molar refractivity (Wildman–Crippen MR) is 105 cm³/mol. The molecule has 0 aliphatic heterocycles. The summed E-state index contributed by atoms with van der Waals surface area (Å²) in [6.07, 6.45) is 2.98. The lowest BCUT2D eigenvalue weighted by molar-refractivity contribution is -0.143. The van der Waals surface area contributed by atoms with Crippen LogP contribution in [0.15, 0.2) is 59.5 Å². The maximum atomic E-state index is 11.9. The smallest absolute Gasteiger partial charge is 0.305 e. The highest BCUT2D eigenvalue weighted by Crippen LogP contribution is 2.21. The zero-order chi connectivity index (χ0) is 19.2. The Hall–Kier alpha value is -3.08. The summed E-state index contributed by atoms with van der Waals surface area (Å²) in [6.45, 7) is 2.67. The van der Waals surface area contributed by atoms with E-state index in [0.29, 0.717) is 38.1 Å². The number of carbonyl (C=O) groups is 1. The molecule has 140 valence electrons. The number of carbonyl (C=O) groups excluding carboxylic acids is 1. The first kappa shape index (κ1) is 18.7. The van der Waals surface area contributed by atoms with Crippen LogP contribution in [-0.4, -0.2) is 22.2 Å². The number of hydrogen-bond donors (Lipinski definition) is 1. The van der Waals surface area contributed by atoms with Gasteiger partial charge in [-0.05, 0) is 29.7 Å². The highest BCUT2D eigenvalue weighted by Gasteiger charge is 2.12. The quantitative estimate of drug-likeness (QED) is 0.649. The van der Waals surface area contributed by atoms with Gasteiger partial charge >= 0.3 is 5.97 Å². The average Bonchev–Trinajstić information content (AvgIpc) is 2.67. The summed E-state index contributed by atoms with van der Waals surface area (Å²) in [5.74, 6) is -0.472. The van der Waals surface area contributed by atoms with Gasteiger partial charge in [-0.25, -0.2) is 0 Å². The summed E-state index contributed by atoms with van der Waals surface area (Å²) in [5, 5.41) is 12.6. The molecule has 0 radical (unpaired) electrons. The van der Waals surface area contributed by atoms with E-state index in [1.54, 1.807) is 13.1 Å². The van der Waals surface area contributed by atoms with Gasteiger partial charge in [0, 0.05) is 31.6 Å². The van der Waals surface area contributed by atoms with Crippen LogP contribution in [0.2, 0.25) is 0 Å². The number of nitrogens with zero attached hydrogens (tertiary/aromatic N) is 1. The molecule has 5 heteroatoms. The number of esters is 1. The second-order valence-corrected chi connectivity index (χ2v) is 6.44. The highest BCUT2D eigenvalue weighted by atomic mass is 16.5. The Balaban J connectivity index is 1.83. The summed E-state index contributed by atoms with van der Waals surface area (Å²) < 4.78 is 6.78. The second-order valence-electron chi connectivity index (χ2n) is 6.44. The number of rotatable bonds is 7. The lowest BCUT2D eigenvalue weighted by Crippen LogP contribution is -2.14. The molecule has 0 atom stereocenters. The molecule has 1 N–H and O–H groups in total. The number of ether oxygens (including phenoxy) is 1. The molecule has 2 aromatic carbocycles. The molecule has 0 aliphatic rings. The van der Waals surface area contributed by atoms with E-state index in [2.05, 4.69) is 6.07 Å². The zero-order valence-electron chi connectivity index (χ0n) is 15.4.